The second kappa shape index (κ2) is 5.02. The lowest BCUT2D eigenvalue weighted by Crippen LogP contribution is -2.00. The Hall–Kier alpha value is -2.11. The van der Waals surface area contributed by atoms with Crippen LogP contribution in [-0.2, 0) is 7.05 Å². The summed E-state index contributed by atoms with van der Waals surface area (Å²) in [6.07, 6.45) is 3.36. The van der Waals surface area contributed by atoms with E-state index in [0.29, 0.717) is 27.2 Å². The average molecular weight is 322 g/mol. The van der Waals surface area contributed by atoms with Gasteiger partial charge in [-0.25, -0.2) is 9.78 Å². The van der Waals surface area contributed by atoms with E-state index in [9.17, 15) is 9.90 Å². The predicted octanol–water partition coefficient (Wildman–Crippen LogP) is 3.64. The molecule has 0 radical (unpaired) electrons. The molecular formula is C14H9Cl2N3O2. The smallest absolute Gasteiger partial charge is 0.336 e. The van der Waals surface area contributed by atoms with Gasteiger partial charge in [0.05, 0.1) is 33.0 Å². The number of rotatable bonds is 2. The fourth-order valence-corrected chi connectivity index (χ4v) is 2.47. The Morgan fingerprint density at radius 3 is 2.71 bits per heavy atom. The van der Waals surface area contributed by atoms with Gasteiger partial charge in [-0.15, -0.1) is 0 Å². The van der Waals surface area contributed by atoms with Crippen LogP contribution in [0.2, 0.25) is 10.0 Å². The minimum absolute atomic E-state index is 0.123. The van der Waals surface area contributed by atoms with Crippen molar-refractivity contribution in [2.24, 2.45) is 7.05 Å². The van der Waals surface area contributed by atoms with E-state index in [1.165, 1.54) is 6.07 Å². The summed E-state index contributed by atoms with van der Waals surface area (Å²) in [7, 11) is 1.77. The molecule has 1 N–H and O–H groups in total. The van der Waals surface area contributed by atoms with Gasteiger partial charge < -0.3 is 5.11 Å². The topological polar surface area (TPSA) is 68.0 Å². The predicted molar refractivity (Wildman–Crippen MR) is 80.9 cm³/mol. The van der Waals surface area contributed by atoms with Crippen LogP contribution in [0.1, 0.15) is 10.4 Å². The van der Waals surface area contributed by atoms with Crippen LogP contribution in [0.15, 0.2) is 30.6 Å². The summed E-state index contributed by atoms with van der Waals surface area (Å²) in [4.78, 5) is 15.9. The zero-order valence-electron chi connectivity index (χ0n) is 10.8. The number of halogens is 2. The van der Waals surface area contributed by atoms with Crippen molar-refractivity contribution in [1.29, 1.82) is 0 Å². The third-order valence-electron chi connectivity index (χ3n) is 3.10. The number of hydrogen-bond donors (Lipinski definition) is 1. The molecule has 0 bridgehead atoms. The molecule has 106 valence electrons. The number of carboxylic acids is 1. The fourth-order valence-electron chi connectivity index (χ4n) is 2.11. The maximum absolute atomic E-state index is 11.5. The molecule has 0 amide bonds. The standard InChI is InChI=1S/C14H9Cl2N3O2/c1-19-6-7(5-17-19)11-4-9(14(20)21)8-2-3-10(15)12(16)13(8)18-11/h2-6H,1H3,(H,20,21). The lowest BCUT2D eigenvalue weighted by Gasteiger charge is -2.08. The highest BCUT2D eigenvalue weighted by atomic mass is 35.5. The second-order valence-electron chi connectivity index (χ2n) is 4.52. The summed E-state index contributed by atoms with van der Waals surface area (Å²) in [6.45, 7) is 0. The van der Waals surface area contributed by atoms with Crippen molar-refractivity contribution in [2.75, 3.05) is 0 Å². The zero-order valence-corrected chi connectivity index (χ0v) is 12.4. The van der Waals surface area contributed by atoms with Gasteiger partial charge in [-0.05, 0) is 12.1 Å². The van der Waals surface area contributed by atoms with Gasteiger partial charge in [-0.2, -0.15) is 5.10 Å². The van der Waals surface area contributed by atoms with Crippen molar-refractivity contribution in [1.82, 2.24) is 14.8 Å². The Morgan fingerprint density at radius 1 is 1.33 bits per heavy atom. The van der Waals surface area contributed by atoms with Crippen LogP contribution in [0, 0.1) is 0 Å². The molecule has 3 rings (SSSR count). The molecule has 21 heavy (non-hydrogen) atoms. The van der Waals surface area contributed by atoms with Crippen LogP contribution < -0.4 is 0 Å². The van der Waals surface area contributed by atoms with E-state index < -0.39 is 5.97 Å². The van der Waals surface area contributed by atoms with Crippen LogP contribution in [0.5, 0.6) is 0 Å². The van der Waals surface area contributed by atoms with Crippen molar-refractivity contribution < 1.29 is 9.90 Å². The van der Waals surface area contributed by atoms with Gasteiger partial charge in [0.1, 0.15) is 0 Å². The van der Waals surface area contributed by atoms with Gasteiger partial charge in [-0.1, -0.05) is 29.3 Å². The SMILES string of the molecule is Cn1cc(-c2cc(C(=O)O)c3ccc(Cl)c(Cl)c3n2)cn1. The lowest BCUT2D eigenvalue weighted by molar-refractivity contribution is 0.0699. The molecule has 2 heterocycles. The van der Waals surface area contributed by atoms with Gasteiger partial charge >= 0.3 is 5.97 Å². The summed E-state index contributed by atoms with van der Waals surface area (Å²) in [5.41, 5.74) is 1.68. The molecule has 0 fully saturated rings. The molecule has 0 aliphatic carbocycles. The van der Waals surface area contributed by atoms with Gasteiger partial charge in [0.15, 0.2) is 0 Å². The zero-order chi connectivity index (χ0) is 15.1. The first-order valence-corrected chi connectivity index (χ1v) is 6.74. The summed E-state index contributed by atoms with van der Waals surface area (Å²) in [5.74, 6) is -1.05. The number of nitrogens with zero attached hydrogens (tertiary/aromatic N) is 3. The fraction of sp³-hybridized carbons (Fsp3) is 0.0714. The van der Waals surface area contributed by atoms with E-state index in [1.807, 2.05) is 0 Å². The maximum Gasteiger partial charge on any atom is 0.336 e. The normalized spacial score (nSPS) is 11.0. The van der Waals surface area contributed by atoms with Crippen LogP contribution in [0.25, 0.3) is 22.2 Å². The minimum atomic E-state index is -1.05. The van der Waals surface area contributed by atoms with E-state index >= 15 is 0 Å². The highest BCUT2D eigenvalue weighted by Gasteiger charge is 2.16. The van der Waals surface area contributed by atoms with Gasteiger partial charge in [-0.3, -0.25) is 4.68 Å². The number of fused-ring (bicyclic) bond motifs is 1. The van der Waals surface area contributed by atoms with Crippen molar-refractivity contribution in [3.63, 3.8) is 0 Å². The van der Waals surface area contributed by atoms with Crippen LogP contribution in [0.3, 0.4) is 0 Å². The molecule has 7 heteroatoms. The molecule has 3 aromatic rings. The van der Waals surface area contributed by atoms with E-state index in [-0.39, 0.29) is 10.6 Å². The molecule has 0 aliphatic heterocycles. The van der Waals surface area contributed by atoms with E-state index in [2.05, 4.69) is 10.1 Å². The molecule has 0 atom stereocenters. The number of benzene rings is 1. The molecule has 5 nitrogen and oxygen atoms in total. The Morgan fingerprint density at radius 2 is 2.10 bits per heavy atom. The molecule has 0 saturated carbocycles. The van der Waals surface area contributed by atoms with E-state index in [4.69, 9.17) is 23.2 Å². The van der Waals surface area contributed by atoms with Gasteiger partial charge in [0, 0.05) is 24.2 Å². The molecule has 0 saturated heterocycles. The Kier molecular flexibility index (Phi) is 3.31. The largest absolute Gasteiger partial charge is 0.478 e. The number of aromatic nitrogens is 3. The lowest BCUT2D eigenvalue weighted by atomic mass is 10.1. The Balaban J connectivity index is 2.38. The van der Waals surface area contributed by atoms with E-state index in [1.54, 1.807) is 36.3 Å². The Labute approximate surface area is 129 Å². The molecule has 0 aliphatic rings. The van der Waals surface area contributed by atoms with Crippen molar-refractivity contribution >= 4 is 40.1 Å². The third-order valence-corrected chi connectivity index (χ3v) is 3.90. The quantitative estimate of drug-likeness (QED) is 0.782. The number of carboxylic acid groups (broad SMARTS) is 1. The van der Waals surface area contributed by atoms with Gasteiger partial charge in [0.2, 0.25) is 0 Å². The Bertz CT molecular complexity index is 874. The van der Waals surface area contributed by atoms with E-state index in [0.717, 1.165) is 0 Å². The molecule has 0 unspecified atom stereocenters. The number of pyridine rings is 1. The first kappa shape index (κ1) is 13.9. The first-order valence-electron chi connectivity index (χ1n) is 5.98. The van der Waals surface area contributed by atoms with Gasteiger partial charge in [0.25, 0.3) is 0 Å². The number of carbonyl (C=O) groups is 1. The minimum Gasteiger partial charge on any atom is -0.478 e. The van der Waals surface area contributed by atoms with Crippen molar-refractivity contribution in [3.8, 4) is 11.3 Å². The molecule has 1 aromatic carbocycles. The monoisotopic (exact) mass is 321 g/mol. The third kappa shape index (κ3) is 2.34. The summed E-state index contributed by atoms with van der Waals surface area (Å²) in [5, 5.41) is 14.5. The number of hydrogen-bond acceptors (Lipinski definition) is 3. The molecular weight excluding hydrogens is 313 g/mol. The average Bonchev–Trinajstić information content (AvgIpc) is 2.88. The van der Waals surface area contributed by atoms with Crippen LogP contribution in [0.4, 0.5) is 0 Å². The number of aromatic carboxylic acids is 1. The second-order valence-corrected chi connectivity index (χ2v) is 5.31. The van der Waals surface area contributed by atoms with Crippen molar-refractivity contribution in [2.45, 2.75) is 0 Å². The first-order chi connectivity index (χ1) is 9.97. The summed E-state index contributed by atoms with van der Waals surface area (Å²) in [6, 6.07) is 4.67. The molecule has 0 spiro atoms. The highest BCUT2D eigenvalue weighted by molar-refractivity contribution is 6.45. The summed E-state index contributed by atoms with van der Waals surface area (Å²) < 4.78 is 1.61. The van der Waals surface area contributed by atoms with Crippen LogP contribution in [-0.4, -0.2) is 25.8 Å². The van der Waals surface area contributed by atoms with Crippen molar-refractivity contribution in [3.05, 3.63) is 46.2 Å². The summed E-state index contributed by atoms with van der Waals surface area (Å²) >= 11 is 12.1. The maximum atomic E-state index is 11.5. The number of aryl methyl sites for hydroxylation is 1. The molecule has 2 aromatic heterocycles. The van der Waals surface area contributed by atoms with Crippen LogP contribution >= 0.6 is 23.2 Å². The highest BCUT2D eigenvalue weighted by Crippen LogP contribution is 2.33.